The minimum absolute atomic E-state index is 0.110. The van der Waals surface area contributed by atoms with Gasteiger partial charge in [0.05, 0.1) is 5.60 Å². The zero-order valence-electron chi connectivity index (χ0n) is 16.7. The van der Waals surface area contributed by atoms with Crippen LogP contribution < -0.4 is 0 Å². The van der Waals surface area contributed by atoms with Gasteiger partial charge in [0, 0.05) is 0 Å². The summed E-state index contributed by atoms with van der Waals surface area (Å²) in [6.07, 6.45) is 1.13. The number of rotatable bonds is 6. The Balaban J connectivity index is 4.68. The van der Waals surface area contributed by atoms with Gasteiger partial charge < -0.3 is 9.47 Å². The summed E-state index contributed by atoms with van der Waals surface area (Å²) in [6, 6.07) is 0. The van der Waals surface area contributed by atoms with Gasteiger partial charge in [0.1, 0.15) is 5.60 Å². The van der Waals surface area contributed by atoms with E-state index >= 15 is 0 Å². The molecule has 0 saturated heterocycles. The lowest BCUT2D eigenvalue weighted by atomic mass is 9.83. The molecule has 0 fully saturated rings. The lowest BCUT2D eigenvalue weighted by Gasteiger charge is -2.36. The molecule has 0 radical (unpaired) electrons. The van der Waals surface area contributed by atoms with Gasteiger partial charge in [-0.3, -0.25) is 0 Å². The van der Waals surface area contributed by atoms with Gasteiger partial charge in [-0.1, -0.05) is 41.5 Å². The fourth-order valence-corrected chi connectivity index (χ4v) is 3.51. The number of hydrogen-bond acceptors (Lipinski definition) is 3. The van der Waals surface area contributed by atoms with E-state index in [2.05, 4.69) is 41.5 Å². The third kappa shape index (κ3) is 10.2. The molecule has 0 aliphatic carbocycles. The average Bonchev–Trinajstić information content (AvgIpc) is 2.06. The van der Waals surface area contributed by atoms with Crippen LogP contribution >= 0.6 is 0 Å². The molecular weight excluding hydrogens is 276 g/mol. The van der Waals surface area contributed by atoms with Crippen LogP contribution in [0.5, 0.6) is 0 Å². The van der Waals surface area contributed by atoms with E-state index < -0.39 is 11.7 Å². The molecule has 0 aromatic carbocycles. The Bertz CT molecular complexity index is 367. The highest BCUT2D eigenvalue weighted by Crippen LogP contribution is 2.32. The van der Waals surface area contributed by atoms with Gasteiger partial charge >= 0.3 is 5.97 Å². The van der Waals surface area contributed by atoms with Gasteiger partial charge in [0.2, 0.25) is 0 Å². The Kier molecular flexibility index (Phi) is 6.72. The van der Waals surface area contributed by atoms with Crippen LogP contribution in [-0.4, -0.2) is 23.3 Å². The van der Waals surface area contributed by atoms with Crippen molar-refractivity contribution in [2.24, 2.45) is 10.8 Å². The van der Waals surface area contributed by atoms with Crippen LogP contribution in [0.1, 0.15) is 89.0 Å². The molecular formula is C19H38O3. The van der Waals surface area contributed by atoms with Crippen LogP contribution in [0.2, 0.25) is 0 Å². The van der Waals surface area contributed by atoms with Crippen molar-refractivity contribution in [3.05, 3.63) is 0 Å². The molecule has 1 unspecified atom stereocenters. The van der Waals surface area contributed by atoms with E-state index in [0.717, 1.165) is 12.8 Å². The van der Waals surface area contributed by atoms with E-state index in [1.807, 2.05) is 27.7 Å². The number of esters is 1. The van der Waals surface area contributed by atoms with E-state index in [-0.39, 0.29) is 22.4 Å². The van der Waals surface area contributed by atoms with Crippen LogP contribution in [-0.2, 0) is 14.3 Å². The van der Waals surface area contributed by atoms with Crippen molar-refractivity contribution < 1.29 is 14.3 Å². The van der Waals surface area contributed by atoms with Crippen molar-refractivity contribution in [1.29, 1.82) is 0 Å². The van der Waals surface area contributed by atoms with Crippen molar-refractivity contribution in [1.82, 2.24) is 0 Å². The first-order chi connectivity index (χ1) is 9.43. The molecule has 0 spiro atoms. The SMILES string of the molecule is CC(OC(C)(C)CC(C)(C)C)C(=O)OC(C)(C)CC(C)(C)C. The van der Waals surface area contributed by atoms with Crippen LogP contribution in [0.25, 0.3) is 0 Å². The summed E-state index contributed by atoms with van der Waals surface area (Å²) < 4.78 is 11.7. The van der Waals surface area contributed by atoms with E-state index in [4.69, 9.17) is 9.47 Å². The normalized spacial score (nSPS) is 15.6. The smallest absolute Gasteiger partial charge is 0.335 e. The Morgan fingerprint density at radius 3 is 1.50 bits per heavy atom. The lowest BCUT2D eigenvalue weighted by Crippen LogP contribution is -2.41. The highest BCUT2D eigenvalue weighted by molar-refractivity contribution is 5.74. The predicted octanol–water partition coefficient (Wildman–Crippen LogP) is 5.36. The molecule has 0 aliphatic rings. The Labute approximate surface area is 138 Å². The molecule has 132 valence electrons. The van der Waals surface area contributed by atoms with Crippen LogP contribution in [0.3, 0.4) is 0 Å². The minimum atomic E-state index is -0.559. The molecule has 22 heavy (non-hydrogen) atoms. The van der Waals surface area contributed by atoms with E-state index in [1.165, 1.54) is 0 Å². The second-order valence-corrected chi connectivity index (χ2v) is 10.2. The zero-order valence-corrected chi connectivity index (χ0v) is 16.7. The summed E-state index contributed by atoms with van der Waals surface area (Å²) in [4.78, 5) is 12.3. The Morgan fingerprint density at radius 2 is 1.14 bits per heavy atom. The fraction of sp³-hybridized carbons (Fsp3) is 0.947. The Hall–Kier alpha value is -0.570. The molecule has 1 atom stereocenters. The molecule has 0 bridgehead atoms. The lowest BCUT2D eigenvalue weighted by molar-refractivity contribution is -0.182. The first-order valence-electron chi connectivity index (χ1n) is 8.33. The highest BCUT2D eigenvalue weighted by Gasteiger charge is 2.34. The molecule has 3 heteroatoms. The van der Waals surface area contributed by atoms with E-state index in [0.29, 0.717) is 0 Å². The zero-order chi connectivity index (χ0) is 18.0. The van der Waals surface area contributed by atoms with Crippen LogP contribution in [0, 0.1) is 10.8 Å². The number of carbonyl (C=O) groups excluding carboxylic acids is 1. The van der Waals surface area contributed by atoms with Gasteiger partial charge in [0.15, 0.2) is 6.10 Å². The molecule has 0 heterocycles. The second-order valence-electron chi connectivity index (χ2n) is 10.2. The van der Waals surface area contributed by atoms with Crippen LogP contribution in [0.15, 0.2) is 0 Å². The third-order valence-electron chi connectivity index (χ3n) is 3.12. The van der Waals surface area contributed by atoms with Gasteiger partial charge in [-0.05, 0) is 58.3 Å². The summed E-state index contributed by atoms with van der Waals surface area (Å²) in [6.45, 7) is 22.7. The Morgan fingerprint density at radius 1 is 0.773 bits per heavy atom. The molecule has 0 aromatic rings. The van der Waals surface area contributed by atoms with E-state index in [9.17, 15) is 4.79 Å². The first-order valence-corrected chi connectivity index (χ1v) is 8.33. The quantitative estimate of drug-likeness (QED) is 0.619. The van der Waals surface area contributed by atoms with Crippen molar-refractivity contribution in [3.63, 3.8) is 0 Å². The number of hydrogen-bond donors (Lipinski definition) is 0. The van der Waals surface area contributed by atoms with Crippen molar-refractivity contribution in [2.75, 3.05) is 0 Å². The van der Waals surface area contributed by atoms with Gasteiger partial charge in [-0.2, -0.15) is 0 Å². The second kappa shape index (κ2) is 6.90. The highest BCUT2D eigenvalue weighted by atomic mass is 16.6. The van der Waals surface area contributed by atoms with Gasteiger partial charge in [-0.25, -0.2) is 4.79 Å². The minimum Gasteiger partial charge on any atom is -0.458 e. The molecule has 0 N–H and O–H groups in total. The maximum Gasteiger partial charge on any atom is 0.335 e. The van der Waals surface area contributed by atoms with Crippen LogP contribution in [0.4, 0.5) is 0 Å². The summed E-state index contributed by atoms with van der Waals surface area (Å²) in [7, 11) is 0. The predicted molar refractivity (Wildman–Crippen MR) is 92.9 cm³/mol. The number of ether oxygens (including phenoxy) is 2. The van der Waals surface area contributed by atoms with Crippen molar-refractivity contribution >= 4 is 5.97 Å². The van der Waals surface area contributed by atoms with Gasteiger partial charge in [0.25, 0.3) is 0 Å². The molecule has 0 aliphatic heterocycles. The average molecular weight is 315 g/mol. The molecule has 0 rings (SSSR count). The molecule has 0 saturated carbocycles. The summed E-state index contributed by atoms with van der Waals surface area (Å²) >= 11 is 0. The standard InChI is InChI=1S/C19H38O3/c1-14(21-18(8,9)12-16(2,3)4)15(20)22-19(10,11)13-17(5,6)7/h14H,12-13H2,1-11H3. The first kappa shape index (κ1) is 21.4. The summed E-state index contributed by atoms with van der Waals surface area (Å²) in [5.74, 6) is -0.281. The summed E-state index contributed by atoms with van der Waals surface area (Å²) in [5.41, 5.74) is -0.579. The maximum absolute atomic E-state index is 12.3. The monoisotopic (exact) mass is 314 g/mol. The number of carbonyl (C=O) groups is 1. The van der Waals surface area contributed by atoms with Crippen molar-refractivity contribution in [2.45, 2.75) is 106 Å². The van der Waals surface area contributed by atoms with E-state index in [1.54, 1.807) is 6.92 Å². The third-order valence-corrected chi connectivity index (χ3v) is 3.12. The fourth-order valence-electron chi connectivity index (χ4n) is 3.51. The molecule has 0 amide bonds. The molecule has 0 aromatic heterocycles. The summed E-state index contributed by atoms with van der Waals surface area (Å²) in [5, 5.41) is 0. The maximum atomic E-state index is 12.3. The van der Waals surface area contributed by atoms with Gasteiger partial charge in [-0.15, -0.1) is 0 Å². The van der Waals surface area contributed by atoms with Crippen molar-refractivity contribution in [3.8, 4) is 0 Å². The molecule has 3 nitrogen and oxygen atoms in total. The largest absolute Gasteiger partial charge is 0.458 e. The topological polar surface area (TPSA) is 35.5 Å².